The first-order valence-electron chi connectivity index (χ1n) is 5.06. The lowest BCUT2D eigenvalue weighted by atomic mass is 10.2. The van der Waals surface area contributed by atoms with E-state index in [1.54, 1.807) is 30.3 Å². The predicted octanol–water partition coefficient (Wildman–Crippen LogP) is 0.653. The number of amides is 1. The number of carbonyl (C=O) groups is 1. The van der Waals surface area contributed by atoms with E-state index in [-0.39, 0.29) is 5.95 Å². The van der Waals surface area contributed by atoms with Gasteiger partial charge < -0.3 is 10.5 Å². The van der Waals surface area contributed by atoms with Crippen molar-refractivity contribution in [1.29, 1.82) is 0 Å². The van der Waals surface area contributed by atoms with E-state index in [1.165, 1.54) is 6.20 Å². The first-order chi connectivity index (χ1) is 8.69. The summed E-state index contributed by atoms with van der Waals surface area (Å²) in [4.78, 5) is 18.7. The van der Waals surface area contributed by atoms with Gasteiger partial charge in [-0.1, -0.05) is 0 Å². The van der Waals surface area contributed by atoms with Crippen molar-refractivity contribution in [2.75, 3.05) is 5.43 Å². The summed E-state index contributed by atoms with van der Waals surface area (Å²) < 4.78 is 5.46. The number of primary amides is 1. The number of nitrogen functional groups attached to an aromatic ring is 1. The molecule has 2 aromatic rings. The molecule has 0 aliphatic carbocycles. The van der Waals surface area contributed by atoms with Crippen LogP contribution in [0, 0.1) is 0 Å². The van der Waals surface area contributed by atoms with Crippen LogP contribution in [0.5, 0.6) is 11.6 Å². The van der Waals surface area contributed by atoms with E-state index < -0.39 is 5.91 Å². The quantitative estimate of drug-likeness (QED) is 0.538. The van der Waals surface area contributed by atoms with Crippen molar-refractivity contribution in [1.82, 2.24) is 9.97 Å². The largest absolute Gasteiger partial charge is 0.439 e. The van der Waals surface area contributed by atoms with Crippen LogP contribution in [0.4, 0.5) is 5.95 Å². The molecule has 1 aromatic heterocycles. The van der Waals surface area contributed by atoms with Gasteiger partial charge in [0.15, 0.2) is 0 Å². The Balaban J connectivity index is 2.15. The summed E-state index contributed by atoms with van der Waals surface area (Å²) in [7, 11) is 0. The van der Waals surface area contributed by atoms with E-state index in [4.69, 9.17) is 16.3 Å². The molecule has 1 amide bonds. The molecule has 0 fully saturated rings. The highest BCUT2D eigenvalue weighted by molar-refractivity contribution is 5.92. The Morgan fingerprint density at radius 3 is 2.56 bits per heavy atom. The molecule has 0 radical (unpaired) electrons. The molecule has 0 unspecified atom stereocenters. The third-order valence-corrected chi connectivity index (χ3v) is 2.12. The van der Waals surface area contributed by atoms with Crippen LogP contribution in [0.1, 0.15) is 10.4 Å². The Labute approximate surface area is 103 Å². The standard InChI is InChI=1S/C11H11N5O2/c12-10(17)7-1-3-8(4-2-7)18-9-5-6-14-11(15-9)16-13/h1-6H,13H2,(H2,12,17)(H,14,15,16). The van der Waals surface area contributed by atoms with E-state index in [2.05, 4.69) is 15.4 Å². The zero-order chi connectivity index (χ0) is 13.0. The maximum absolute atomic E-state index is 10.9. The average molecular weight is 245 g/mol. The molecule has 0 aliphatic heterocycles. The van der Waals surface area contributed by atoms with Gasteiger partial charge in [0.05, 0.1) is 0 Å². The molecule has 0 bridgehead atoms. The lowest BCUT2D eigenvalue weighted by Crippen LogP contribution is -2.10. The molecule has 1 heterocycles. The summed E-state index contributed by atoms with van der Waals surface area (Å²) in [6.45, 7) is 0. The van der Waals surface area contributed by atoms with Crippen molar-refractivity contribution in [3.8, 4) is 11.6 Å². The summed E-state index contributed by atoms with van der Waals surface area (Å²) in [6.07, 6.45) is 1.51. The van der Waals surface area contributed by atoms with Crippen molar-refractivity contribution in [2.24, 2.45) is 11.6 Å². The number of nitrogens with zero attached hydrogens (tertiary/aromatic N) is 2. The summed E-state index contributed by atoms with van der Waals surface area (Å²) in [6, 6.07) is 7.97. The van der Waals surface area contributed by atoms with Crippen molar-refractivity contribution < 1.29 is 9.53 Å². The van der Waals surface area contributed by atoms with Crippen LogP contribution in [0.3, 0.4) is 0 Å². The second-order valence-electron chi connectivity index (χ2n) is 3.35. The molecule has 0 atom stereocenters. The van der Waals surface area contributed by atoms with Gasteiger partial charge in [-0.2, -0.15) is 4.98 Å². The summed E-state index contributed by atoms with van der Waals surface area (Å²) in [5, 5.41) is 0. The molecule has 0 aliphatic rings. The maximum Gasteiger partial charge on any atom is 0.248 e. The van der Waals surface area contributed by atoms with E-state index in [1.807, 2.05) is 0 Å². The fraction of sp³-hybridized carbons (Fsp3) is 0. The van der Waals surface area contributed by atoms with E-state index in [0.29, 0.717) is 17.2 Å². The smallest absolute Gasteiger partial charge is 0.248 e. The van der Waals surface area contributed by atoms with Gasteiger partial charge in [-0.05, 0) is 24.3 Å². The minimum absolute atomic E-state index is 0.251. The number of hydrogen-bond donors (Lipinski definition) is 3. The fourth-order valence-corrected chi connectivity index (χ4v) is 1.28. The second kappa shape index (κ2) is 5.11. The summed E-state index contributed by atoms with van der Waals surface area (Å²) in [5.74, 6) is 5.81. The highest BCUT2D eigenvalue weighted by atomic mass is 16.5. The van der Waals surface area contributed by atoms with Gasteiger partial charge in [0.1, 0.15) is 5.75 Å². The van der Waals surface area contributed by atoms with Gasteiger partial charge in [0, 0.05) is 17.8 Å². The zero-order valence-corrected chi connectivity index (χ0v) is 9.33. The third-order valence-electron chi connectivity index (χ3n) is 2.12. The molecule has 2 rings (SSSR count). The van der Waals surface area contributed by atoms with E-state index in [9.17, 15) is 4.79 Å². The number of benzene rings is 1. The monoisotopic (exact) mass is 245 g/mol. The lowest BCUT2D eigenvalue weighted by Gasteiger charge is -2.05. The number of ether oxygens (including phenoxy) is 1. The fourth-order valence-electron chi connectivity index (χ4n) is 1.28. The number of nitrogens with one attached hydrogen (secondary N) is 1. The van der Waals surface area contributed by atoms with Crippen LogP contribution in [0.2, 0.25) is 0 Å². The molecular weight excluding hydrogens is 234 g/mol. The number of nitrogens with two attached hydrogens (primary N) is 2. The van der Waals surface area contributed by atoms with Crippen LogP contribution in [-0.2, 0) is 0 Å². The van der Waals surface area contributed by atoms with Crippen LogP contribution in [0.15, 0.2) is 36.5 Å². The number of rotatable bonds is 4. The Bertz CT molecular complexity index is 556. The van der Waals surface area contributed by atoms with Crippen molar-refractivity contribution in [3.05, 3.63) is 42.1 Å². The Morgan fingerprint density at radius 2 is 1.94 bits per heavy atom. The first-order valence-corrected chi connectivity index (χ1v) is 5.06. The second-order valence-corrected chi connectivity index (χ2v) is 3.35. The van der Waals surface area contributed by atoms with Gasteiger partial charge in [-0.3, -0.25) is 10.2 Å². The minimum Gasteiger partial charge on any atom is -0.439 e. The van der Waals surface area contributed by atoms with Crippen molar-refractivity contribution in [3.63, 3.8) is 0 Å². The van der Waals surface area contributed by atoms with Crippen LogP contribution in [-0.4, -0.2) is 15.9 Å². The van der Waals surface area contributed by atoms with Gasteiger partial charge in [0.2, 0.25) is 17.7 Å². The molecule has 7 heteroatoms. The average Bonchev–Trinajstić information content (AvgIpc) is 2.39. The topological polar surface area (TPSA) is 116 Å². The third kappa shape index (κ3) is 2.71. The molecular formula is C11H11N5O2. The molecule has 1 aromatic carbocycles. The van der Waals surface area contributed by atoms with Crippen molar-refractivity contribution >= 4 is 11.9 Å². The van der Waals surface area contributed by atoms with Crippen LogP contribution < -0.4 is 21.7 Å². The summed E-state index contributed by atoms with van der Waals surface area (Å²) >= 11 is 0. The molecule has 0 saturated heterocycles. The summed E-state index contributed by atoms with van der Waals surface area (Å²) in [5.41, 5.74) is 7.86. The van der Waals surface area contributed by atoms with E-state index >= 15 is 0 Å². The zero-order valence-electron chi connectivity index (χ0n) is 9.33. The number of carbonyl (C=O) groups excluding carboxylic acids is 1. The number of aromatic nitrogens is 2. The molecule has 92 valence electrons. The number of anilines is 1. The van der Waals surface area contributed by atoms with Gasteiger partial charge in [0.25, 0.3) is 0 Å². The van der Waals surface area contributed by atoms with Crippen LogP contribution in [0.25, 0.3) is 0 Å². The molecule has 0 spiro atoms. The maximum atomic E-state index is 10.9. The lowest BCUT2D eigenvalue weighted by molar-refractivity contribution is 0.100. The van der Waals surface area contributed by atoms with Gasteiger partial charge >= 0.3 is 0 Å². The SMILES string of the molecule is NNc1nccc(Oc2ccc(C(N)=O)cc2)n1. The molecule has 7 nitrogen and oxygen atoms in total. The normalized spacial score (nSPS) is 9.83. The predicted molar refractivity (Wildman–Crippen MR) is 64.9 cm³/mol. The minimum atomic E-state index is -0.488. The Morgan fingerprint density at radius 1 is 1.22 bits per heavy atom. The highest BCUT2D eigenvalue weighted by Gasteiger charge is 2.03. The van der Waals surface area contributed by atoms with Gasteiger partial charge in [-0.15, -0.1) is 0 Å². The molecule has 0 saturated carbocycles. The van der Waals surface area contributed by atoms with Gasteiger partial charge in [-0.25, -0.2) is 10.8 Å². The molecule has 5 N–H and O–H groups in total. The Hall–Kier alpha value is -2.67. The van der Waals surface area contributed by atoms with Crippen molar-refractivity contribution in [2.45, 2.75) is 0 Å². The first kappa shape index (κ1) is 11.8. The van der Waals surface area contributed by atoms with E-state index in [0.717, 1.165) is 0 Å². The number of hydrazine groups is 1. The van der Waals surface area contributed by atoms with Crippen LogP contribution >= 0.6 is 0 Å². The number of hydrogen-bond acceptors (Lipinski definition) is 6. The molecule has 18 heavy (non-hydrogen) atoms. The Kier molecular flexibility index (Phi) is 3.35. The highest BCUT2D eigenvalue weighted by Crippen LogP contribution is 2.19.